The molecule has 3 nitrogen and oxygen atoms in total. The summed E-state index contributed by atoms with van der Waals surface area (Å²) < 4.78 is 0. The molecule has 5 heteroatoms. The highest BCUT2D eigenvalue weighted by Gasteiger charge is 2.36. The summed E-state index contributed by atoms with van der Waals surface area (Å²) in [5, 5.41) is 7.77. The van der Waals surface area contributed by atoms with Crippen molar-refractivity contribution in [1.29, 1.82) is 0 Å². The summed E-state index contributed by atoms with van der Waals surface area (Å²) in [7, 11) is 0. The molecule has 1 amide bonds. The Morgan fingerprint density at radius 1 is 1.15 bits per heavy atom. The Morgan fingerprint density at radius 2 is 1.88 bits per heavy atom. The van der Waals surface area contributed by atoms with Crippen molar-refractivity contribution in [3.8, 4) is 0 Å². The molecule has 0 radical (unpaired) electrons. The Labute approximate surface area is 164 Å². The van der Waals surface area contributed by atoms with Gasteiger partial charge >= 0.3 is 0 Å². The maximum Gasteiger partial charge on any atom is 0.256 e. The van der Waals surface area contributed by atoms with Gasteiger partial charge in [0.05, 0.1) is 5.56 Å². The molecule has 1 aromatic carbocycles. The molecule has 0 saturated heterocycles. The molecule has 0 saturated carbocycles. The normalized spacial score (nSPS) is 22.2. The molecule has 2 heterocycles. The van der Waals surface area contributed by atoms with Crippen LogP contribution in [-0.4, -0.2) is 12.2 Å². The first-order chi connectivity index (χ1) is 12.4. The zero-order valence-electron chi connectivity index (χ0n) is 15.8. The number of thioether (sulfide) groups is 1. The molecule has 2 aromatic rings. The van der Waals surface area contributed by atoms with Gasteiger partial charge < -0.3 is 10.6 Å². The first-order valence-electron chi connectivity index (χ1n) is 9.22. The number of rotatable bonds is 2. The highest BCUT2D eigenvalue weighted by atomic mass is 32.2. The van der Waals surface area contributed by atoms with Crippen molar-refractivity contribution in [3.63, 3.8) is 0 Å². The van der Waals surface area contributed by atoms with Crippen LogP contribution in [0.25, 0.3) is 0 Å². The summed E-state index contributed by atoms with van der Waals surface area (Å²) in [6.45, 7) is 6.99. The van der Waals surface area contributed by atoms with Crippen LogP contribution in [0.2, 0.25) is 0 Å². The Balaban J connectivity index is 1.62. The van der Waals surface area contributed by atoms with Crippen molar-refractivity contribution in [2.75, 3.05) is 11.6 Å². The summed E-state index contributed by atoms with van der Waals surface area (Å²) in [5.74, 6) is 0.762. The van der Waals surface area contributed by atoms with E-state index in [-0.39, 0.29) is 12.1 Å². The summed E-state index contributed by atoms with van der Waals surface area (Å²) in [5.41, 5.74) is 3.60. The third-order valence-electron chi connectivity index (χ3n) is 5.72. The second-order valence-electron chi connectivity index (χ2n) is 8.34. The van der Waals surface area contributed by atoms with E-state index in [9.17, 15) is 4.79 Å². The van der Waals surface area contributed by atoms with E-state index < -0.39 is 0 Å². The standard InChI is InChI=1S/C21H26N2OS2/c1-21(2,3)13-7-10-15-16(11-13)26-20-17(15)19(24)22-18(23-20)12-5-8-14(25-4)9-6-12/h5-6,8-9,13,18,23H,7,10-11H2,1-4H3,(H,22,24)/t13-,18+/m1/s1. The number of thiophene rings is 1. The Bertz CT molecular complexity index is 833. The quantitative estimate of drug-likeness (QED) is 0.672. The second-order valence-corrected chi connectivity index (χ2v) is 10.3. The van der Waals surface area contributed by atoms with Crippen LogP contribution < -0.4 is 10.6 Å². The Kier molecular flexibility index (Phi) is 4.56. The molecule has 2 atom stereocenters. The fourth-order valence-corrected chi connectivity index (χ4v) is 5.76. The van der Waals surface area contributed by atoms with E-state index in [1.54, 1.807) is 23.1 Å². The van der Waals surface area contributed by atoms with E-state index in [4.69, 9.17) is 0 Å². The Morgan fingerprint density at radius 3 is 2.54 bits per heavy atom. The lowest BCUT2D eigenvalue weighted by Gasteiger charge is -2.34. The molecule has 4 rings (SSSR count). The predicted octanol–water partition coefficient (Wildman–Crippen LogP) is 5.48. The van der Waals surface area contributed by atoms with Crippen molar-refractivity contribution < 1.29 is 4.79 Å². The van der Waals surface area contributed by atoms with E-state index in [0.29, 0.717) is 11.3 Å². The maximum atomic E-state index is 12.9. The zero-order chi connectivity index (χ0) is 18.5. The second kappa shape index (κ2) is 6.61. The number of hydrogen-bond donors (Lipinski definition) is 2. The van der Waals surface area contributed by atoms with Crippen molar-refractivity contribution >= 4 is 34.0 Å². The van der Waals surface area contributed by atoms with Crippen molar-refractivity contribution in [1.82, 2.24) is 5.32 Å². The molecule has 0 unspecified atom stereocenters. The molecule has 0 fully saturated rings. The third kappa shape index (κ3) is 3.16. The van der Waals surface area contributed by atoms with Gasteiger partial charge in [-0.3, -0.25) is 4.79 Å². The van der Waals surface area contributed by atoms with E-state index in [2.05, 4.69) is 61.9 Å². The lowest BCUT2D eigenvalue weighted by Crippen LogP contribution is -2.38. The number of anilines is 1. The van der Waals surface area contributed by atoms with E-state index in [1.807, 2.05) is 0 Å². The highest BCUT2D eigenvalue weighted by Crippen LogP contribution is 2.46. The van der Waals surface area contributed by atoms with Crippen LogP contribution in [0.5, 0.6) is 0 Å². The van der Waals surface area contributed by atoms with Gasteiger partial charge in [-0.15, -0.1) is 23.1 Å². The number of amides is 1. The van der Waals surface area contributed by atoms with Crippen LogP contribution in [0.4, 0.5) is 5.00 Å². The number of fused-ring (bicyclic) bond motifs is 3. The van der Waals surface area contributed by atoms with Gasteiger partial charge in [-0.1, -0.05) is 32.9 Å². The number of hydrogen-bond acceptors (Lipinski definition) is 4. The summed E-state index contributed by atoms with van der Waals surface area (Å²) >= 11 is 3.52. The van der Waals surface area contributed by atoms with Crippen molar-refractivity contribution in [3.05, 3.63) is 45.8 Å². The predicted molar refractivity (Wildman–Crippen MR) is 111 cm³/mol. The third-order valence-corrected chi connectivity index (χ3v) is 7.65. The molecule has 1 aromatic heterocycles. The van der Waals surface area contributed by atoms with Crippen LogP contribution in [0.15, 0.2) is 29.2 Å². The molecule has 2 aliphatic rings. The van der Waals surface area contributed by atoms with Crippen LogP contribution in [0.3, 0.4) is 0 Å². The minimum atomic E-state index is -0.149. The van der Waals surface area contributed by atoms with Gasteiger partial charge in [0.25, 0.3) is 5.91 Å². The van der Waals surface area contributed by atoms with Crippen molar-refractivity contribution in [2.45, 2.75) is 51.1 Å². The first-order valence-corrected chi connectivity index (χ1v) is 11.3. The van der Waals surface area contributed by atoms with Gasteiger partial charge in [-0.05, 0) is 60.1 Å². The number of carbonyl (C=O) groups excluding carboxylic acids is 1. The van der Waals surface area contributed by atoms with Gasteiger partial charge in [0.15, 0.2) is 0 Å². The van der Waals surface area contributed by atoms with E-state index >= 15 is 0 Å². The van der Waals surface area contributed by atoms with Crippen LogP contribution in [0, 0.1) is 11.3 Å². The summed E-state index contributed by atoms with van der Waals surface area (Å²) in [6.07, 6.45) is 5.21. The molecule has 0 spiro atoms. The van der Waals surface area contributed by atoms with Crippen LogP contribution in [-0.2, 0) is 12.8 Å². The topological polar surface area (TPSA) is 41.1 Å². The number of carbonyl (C=O) groups is 1. The fraction of sp³-hybridized carbons (Fsp3) is 0.476. The van der Waals surface area contributed by atoms with Crippen LogP contribution >= 0.6 is 23.1 Å². The molecular weight excluding hydrogens is 360 g/mol. The molecule has 0 bridgehead atoms. The summed E-state index contributed by atoms with van der Waals surface area (Å²) in [4.78, 5) is 15.5. The number of benzene rings is 1. The molecule has 138 valence electrons. The molecule has 2 N–H and O–H groups in total. The fourth-order valence-electron chi connectivity index (χ4n) is 4.00. The van der Waals surface area contributed by atoms with Crippen LogP contribution in [0.1, 0.15) is 59.7 Å². The molecule has 26 heavy (non-hydrogen) atoms. The average Bonchev–Trinajstić information content (AvgIpc) is 2.99. The molecular formula is C21H26N2OS2. The highest BCUT2D eigenvalue weighted by molar-refractivity contribution is 7.98. The SMILES string of the molecule is CSc1ccc([C@H]2NC(=O)c3c(sc4c3CC[C@@H](C(C)(C)C)C4)N2)cc1. The minimum absolute atomic E-state index is 0.0735. The van der Waals surface area contributed by atoms with Gasteiger partial charge in [0.1, 0.15) is 11.2 Å². The molecule has 1 aliphatic heterocycles. The minimum Gasteiger partial charge on any atom is -0.353 e. The van der Waals surface area contributed by atoms with E-state index in [0.717, 1.165) is 29.0 Å². The lowest BCUT2D eigenvalue weighted by atomic mass is 9.72. The largest absolute Gasteiger partial charge is 0.353 e. The summed E-state index contributed by atoms with van der Waals surface area (Å²) in [6, 6.07) is 8.41. The van der Waals surface area contributed by atoms with Gasteiger partial charge in [-0.2, -0.15) is 0 Å². The average molecular weight is 387 g/mol. The van der Waals surface area contributed by atoms with Gasteiger partial charge in [0, 0.05) is 9.77 Å². The molecule has 1 aliphatic carbocycles. The first kappa shape index (κ1) is 17.9. The van der Waals surface area contributed by atoms with Crippen molar-refractivity contribution in [2.24, 2.45) is 11.3 Å². The van der Waals surface area contributed by atoms with Gasteiger partial charge in [-0.25, -0.2) is 0 Å². The monoisotopic (exact) mass is 386 g/mol. The maximum absolute atomic E-state index is 12.9. The zero-order valence-corrected chi connectivity index (χ0v) is 17.4. The van der Waals surface area contributed by atoms with Gasteiger partial charge in [0.2, 0.25) is 0 Å². The lowest BCUT2D eigenvalue weighted by molar-refractivity contribution is 0.0935. The Hall–Kier alpha value is -1.46. The van der Waals surface area contributed by atoms with E-state index in [1.165, 1.54) is 21.8 Å². The smallest absolute Gasteiger partial charge is 0.256 e. The number of nitrogens with one attached hydrogen (secondary N) is 2.